The number of likely N-dealkylation sites (tertiary alicyclic amines) is 1. The SMILES string of the molecule is CCc1nn(CC(=O)N2C3C[C@]3(CCF)C[C@H]2C(=O)Nc2nc(Br)ccc2C)c2cnc(-c3cnc(C)nc3)cc12. The zero-order chi connectivity index (χ0) is 28.9. The van der Waals surface area contributed by atoms with E-state index in [9.17, 15) is 14.0 Å². The Balaban J connectivity index is 1.28. The first-order chi connectivity index (χ1) is 19.7. The van der Waals surface area contributed by atoms with Crippen molar-refractivity contribution in [3.63, 3.8) is 0 Å². The van der Waals surface area contributed by atoms with Gasteiger partial charge in [-0.1, -0.05) is 13.0 Å². The van der Waals surface area contributed by atoms with Gasteiger partial charge in [0.1, 0.15) is 28.8 Å². The summed E-state index contributed by atoms with van der Waals surface area (Å²) < 4.78 is 15.8. The number of alkyl halides is 1. The molecule has 2 fully saturated rings. The molecule has 0 bridgehead atoms. The van der Waals surface area contributed by atoms with Crippen molar-refractivity contribution in [1.82, 2.24) is 34.6 Å². The molecule has 12 heteroatoms. The monoisotopic (exact) mass is 620 g/mol. The number of carbonyl (C=O) groups is 2. The highest BCUT2D eigenvalue weighted by Crippen LogP contribution is 2.61. The van der Waals surface area contributed by atoms with E-state index >= 15 is 0 Å². The van der Waals surface area contributed by atoms with Crippen LogP contribution in [0.2, 0.25) is 0 Å². The number of hydrogen-bond acceptors (Lipinski definition) is 7. The van der Waals surface area contributed by atoms with Gasteiger partial charge in [-0.3, -0.25) is 23.6 Å². The Bertz CT molecular complexity index is 1660. The standard InChI is InChI=1S/C29H30BrFN8O2/c1-4-20-19-9-21(18-12-32-17(3)33-13-18)34-14-23(19)38(37-20)15-26(40)39-22(10-29(7-8-31)11-24(29)39)28(41)36-27-16(2)5-6-25(30)35-27/h5-6,9,12-14,22,24H,4,7-8,10-11,15H2,1-3H3,(H,35,36,41)/t22-,24?,29-/m0/s1. The van der Waals surface area contributed by atoms with Crippen molar-refractivity contribution in [2.45, 2.75) is 65.1 Å². The molecule has 0 spiro atoms. The number of aromatic nitrogens is 6. The minimum absolute atomic E-state index is 0.0503. The summed E-state index contributed by atoms with van der Waals surface area (Å²) in [7, 11) is 0. The summed E-state index contributed by atoms with van der Waals surface area (Å²) in [6.07, 6.45) is 7.31. The molecule has 1 aliphatic heterocycles. The second kappa shape index (κ2) is 10.6. The van der Waals surface area contributed by atoms with Gasteiger partial charge < -0.3 is 10.2 Å². The molecule has 4 aromatic heterocycles. The fourth-order valence-electron chi connectivity index (χ4n) is 6.01. The third kappa shape index (κ3) is 4.98. The van der Waals surface area contributed by atoms with E-state index in [2.05, 4.69) is 41.2 Å². The molecule has 212 valence electrons. The van der Waals surface area contributed by atoms with E-state index in [4.69, 9.17) is 5.10 Å². The van der Waals surface area contributed by atoms with Crippen LogP contribution in [0.15, 0.2) is 41.4 Å². The maximum absolute atomic E-state index is 13.9. The number of fused-ring (bicyclic) bond motifs is 2. The van der Waals surface area contributed by atoms with Gasteiger partial charge in [-0.2, -0.15) is 5.10 Å². The molecule has 1 saturated carbocycles. The van der Waals surface area contributed by atoms with E-state index in [1.54, 1.807) is 34.2 Å². The summed E-state index contributed by atoms with van der Waals surface area (Å²) in [4.78, 5) is 46.6. The fraction of sp³-hybridized carbons (Fsp3) is 0.414. The van der Waals surface area contributed by atoms with Gasteiger partial charge >= 0.3 is 0 Å². The van der Waals surface area contributed by atoms with Gasteiger partial charge in [0.25, 0.3) is 0 Å². The average molecular weight is 622 g/mol. The van der Waals surface area contributed by atoms with Crippen LogP contribution in [0.1, 0.15) is 43.3 Å². The van der Waals surface area contributed by atoms with Gasteiger partial charge in [0.15, 0.2) is 0 Å². The van der Waals surface area contributed by atoms with Crippen LogP contribution in [0.3, 0.4) is 0 Å². The Labute approximate surface area is 244 Å². The Morgan fingerprint density at radius 1 is 1.15 bits per heavy atom. The van der Waals surface area contributed by atoms with E-state index in [1.807, 2.05) is 32.9 Å². The molecule has 1 N–H and O–H groups in total. The molecule has 2 aliphatic rings. The Hall–Kier alpha value is -3.80. The molecule has 4 aromatic rings. The van der Waals surface area contributed by atoms with Crippen molar-refractivity contribution in [2.24, 2.45) is 5.41 Å². The zero-order valence-electron chi connectivity index (χ0n) is 23.1. The molecule has 1 saturated heterocycles. The summed E-state index contributed by atoms with van der Waals surface area (Å²) in [6, 6.07) is 4.71. The number of pyridine rings is 2. The summed E-state index contributed by atoms with van der Waals surface area (Å²) >= 11 is 3.35. The lowest BCUT2D eigenvalue weighted by Crippen LogP contribution is -2.47. The van der Waals surface area contributed by atoms with Crippen LogP contribution in [0.25, 0.3) is 22.2 Å². The van der Waals surface area contributed by atoms with Crippen molar-refractivity contribution in [3.05, 3.63) is 58.5 Å². The lowest BCUT2D eigenvalue weighted by atomic mass is 9.96. The topological polar surface area (TPSA) is 119 Å². The minimum atomic E-state index is -0.716. The summed E-state index contributed by atoms with van der Waals surface area (Å²) in [5.41, 5.74) is 3.53. The molecule has 0 radical (unpaired) electrons. The van der Waals surface area contributed by atoms with E-state index in [-0.39, 0.29) is 29.8 Å². The predicted octanol–water partition coefficient (Wildman–Crippen LogP) is 4.58. The van der Waals surface area contributed by atoms with Gasteiger partial charge in [-0.25, -0.2) is 15.0 Å². The van der Waals surface area contributed by atoms with Crippen molar-refractivity contribution >= 4 is 44.5 Å². The van der Waals surface area contributed by atoms with E-state index in [1.165, 1.54) is 0 Å². The molecule has 2 amide bonds. The number of anilines is 1. The molecule has 10 nitrogen and oxygen atoms in total. The number of piperidine rings is 1. The highest BCUT2D eigenvalue weighted by atomic mass is 79.9. The number of rotatable bonds is 8. The second-order valence-corrected chi connectivity index (χ2v) is 11.7. The Morgan fingerprint density at radius 3 is 2.66 bits per heavy atom. The van der Waals surface area contributed by atoms with Gasteiger partial charge in [0.2, 0.25) is 11.8 Å². The Morgan fingerprint density at radius 2 is 1.93 bits per heavy atom. The average Bonchev–Trinajstić information content (AvgIpc) is 3.38. The molecule has 3 atom stereocenters. The first-order valence-electron chi connectivity index (χ1n) is 13.7. The number of halogens is 2. The number of aryl methyl sites for hydroxylation is 3. The second-order valence-electron chi connectivity index (χ2n) is 10.9. The van der Waals surface area contributed by atoms with Gasteiger partial charge in [0.05, 0.1) is 29.8 Å². The van der Waals surface area contributed by atoms with Gasteiger partial charge in [-0.15, -0.1) is 0 Å². The van der Waals surface area contributed by atoms with Crippen LogP contribution in [-0.2, 0) is 22.6 Å². The van der Waals surface area contributed by atoms with Crippen molar-refractivity contribution in [1.29, 1.82) is 0 Å². The normalized spacial score (nSPS) is 21.2. The third-order valence-corrected chi connectivity index (χ3v) is 8.76. The third-order valence-electron chi connectivity index (χ3n) is 8.32. The molecule has 6 rings (SSSR count). The predicted molar refractivity (Wildman–Crippen MR) is 155 cm³/mol. The van der Waals surface area contributed by atoms with Crippen molar-refractivity contribution in [3.8, 4) is 11.3 Å². The number of carbonyl (C=O) groups excluding carboxylic acids is 2. The largest absolute Gasteiger partial charge is 0.325 e. The number of hydrogen-bond donors (Lipinski definition) is 1. The van der Waals surface area contributed by atoms with E-state index < -0.39 is 12.7 Å². The van der Waals surface area contributed by atoms with Crippen LogP contribution >= 0.6 is 15.9 Å². The summed E-state index contributed by atoms with van der Waals surface area (Å²) in [5, 5.41) is 8.54. The first-order valence-corrected chi connectivity index (χ1v) is 14.5. The van der Waals surface area contributed by atoms with Gasteiger partial charge in [-0.05, 0) is 78.6 Å². The quantitative estimate of drug-likeness (QED) is 0.286. The highest BCUT2D eigenvalue weighted by molar-refractivity contribution is 9.10. The molecule has 1 aliphatic carbocycles. The van der Waals surface area contributed by atoms with Crippen LogP contribution in [0, 0.1) is 19.3 Å². The molecule has 41 heavy (non-hydrogen) atoms. The molecular formula is C29H30BrFN8O2. The molecule has 5 heterocycles. The van der Waals surface area contributed by atoms with Crippen LogP contribution < -0.4 is 5.32 Å². The lowest BCUT2D eigenvalue weighted by molar-refractivity contribution is -0.138. The number of nitrogens with one attached hydrogen (secondary N) is 1. The van der Waals surface area contributed by atoms with Crippen LogP contribution in [0.5, 0.6) is 0 Å². The van der Waals surface area contributed by atoms with Gasteiger partial charge in [0, 0.05) is 29.4 Å². The molecular weight excluding hydrogens is 591 g/mol. The minimum Gasteiger partial charge on any atom is -0.325 e. The van der Waals surface area contributed by atoms with Crippen molar-refractivity contribution in [2.75, 3.05) is 12.0 Å². The first kappa shape index (κ1) is 27.4. The van der Waals surface area contributed by atoms with E-state index in [0.717, 1.165) is 33.4 Å². The van der Waals surface area contributed by atoms with E-state index in [0.29, 0.717) is 41.9 Å². The smallest absolute Gasteiger partial charge is 0.248 e. The van der Waals surface area contributed by atoms with Crippen molar-refractivity contribution < 1.29 is 14.0 Å². The lowest BCUT2D eigenvalue weighted by Gasteiger charge is -2.27. The fourth-order valence-corrected chi connectivity index (χ4v) is 6.32. The summed E-state index contributed by atoms with van der Waals surface area (Å²) in [5.74, 6) is 0.570. The van der Waals surface area contributed by atoms with Crippen LogP contribution in [0.4, 0.5) is 10.2 Å². The van der Waals surface area contributed by atoms with Crippen LogP contribution in [-0.4, -0.2) is 65.2 Å². The highest BCUT2D eigenvalue weighted by Gasteiger charge is 2.66. The maximum Gasteiger partial charge on any atom is 0.248 e. The summed E-state index contributed by atoms with van der Waals surface area (Å²) in [6.45, 7) is 5.16. The molecule has 0 aromatic carbocycles. The number of nitrogens with zero attached hydrogens (tertiary/aromatic N) is 7. The molecule has 1 unspecified atom stereocenters. The zero-order valence-corrected chi connectivity index (χ0v) is 24.7. The number of amides is 2. The maximum atomic E-state index is 13.9. The Kier molecular flexibility index (Phi) is 7.04.